The van der Waals surface area contributed by atoms with Crippen LogP contribution in [-0.2, 0) is 11.2 Å². The minimum Gasteiger partial charge on any atom is -0.349 e. The molecule has 102 valence electrons. The van der Waals surface area contributed by atoms with Gasteiger partial charge < -0.3 is 5.32 Å². The molecule has 0 saturated carbocycles. The molecule has 1 aliphatic rings. The Morgan fingerprint density at radius 3 is 2.50 bits per heavy atom. The normalized spacial score (nSPS) is 21.8. The van der Waals surface area contributed by atoms with Crippen LogP contribution in [-0.4, -0.2) is 5.91 Å². The van der Waals surface area contributed by atoms with E-state index in [0.717, 1.165) is 6.42 Å². The molecule has 2 heteroatoms. The Balaban J connectivity index is 2.00. The highest BCUT2D eigenvalue weighted by molar-refractivity contribution is 5.80. The number of carbonyl (C=O) groups is 1. The zero-order valence-electron chi connectivity index (χ0n) is 11.7. The van der Waals surface area contributed by atoms with Crippen molar-refractivity contribution in [2.45, 2.75) is 31.7 Å². The molecule has 1 heterocycles. The fourth-order valence-corrected chi connectivity index (χ4v) is 3.13. The average molecular weight is 265 g/mol. The van der Waals surface area contributed by atoms with Crippen LogP contribution in [0, 0.1) is 0 Å². The number of nitrogens with one attached hydrogen (secondary N) is 1. The number of carbonyl (C=O) groups excluding carboxylic acids is 1. The van der Waals surface area contributed by atoms with Crippen molar-refractivity contribution < 1.29 is 4.79 Å². The van der Waals surface area contributed by atoms with Crippen molar-refractivity contribution in [3.8, 4) is 0 Å². The summed E-state index contributed by atoms with van der Waals surface area (Å²) in [6, 6.07) is 18.8. The van der Waals surface area contributed by atoms with Crippen LogP contribution >= 0.6 is 0 Å². The third-order valence-corrected chi connectivity index (χ3v) is 4.12. The molecule has 2 aromatic rings. The number of benzene rings is 2. The Kier molecular flexibility index (Phi) is 3.55. The summed E-state index contributed by atoms with van der Waals surface area (Å²) in [7, 11) is 0. The Labute approximate surface area is 119 Å². The van der Waals surface area contributed by atoms with E-state index >= 15 is 0 Å². The van der Waals surface area contributed by atoms with Crippen LogP contribution in [0.3, 0.4) is 0 Å². The van der Waals surface area contributed by atoms with Crippen molar-refractivity contribution in [3.63, 3.8) is 0 Å². The molecule has 2 aromatic carbocycles. The van der Waals surface area contributed by atoms with E-state index in [1.54, 1.807) is 0 Å². The molecular weight excluding hydrogens is 246 g/mol. The zero-order valence-corrected chi connectivity index (χ0v) is 11.7. The summed E-state index contributed by atoms with van der Waals surface area (Å²) in [6.45, 7) is 2.17. The maximum atomic E-state index is 11.9. The molecule has 3 rings (SSSR count). The topological polar surface area (TPSA) is 29.1 Å². The summed E-state index contributed by atoms with van der Waals surface area (Å²) in [5, 5.41) is 3.13. The van der Waals surface area contributed by atoms with Gasteiger partial charge in [-0.1, -0.05) is 61.5 Å². The first-order chi connectivity index (χ1) is 9.79. The molecule has 1 aliphatic heterocycles. The number of hydrogen-bond donors (Lipinski definition) is 1. The highest BCUT2D eigenvalue weighted by Crippen LogP contribution is 2.39. The molecule has 1 N–H and O–H groups in total. The van der Waals surface area contributed by atoms with Crippen LogP contribution in [0.2, 0.25) is 0 Å². The number of aryl methyl sites for hydroxylation is 1. The van der Waals surface area contributed by atoms with Crippen LogP contribution in [0.1, 0.15) is 42.0 Å². The van der Waals surface area contributed by atoms with Gasteiger partial charge in [0.05, 0.1) is 6.04 Å². The van der Waals surface area contributed by atoms with Gasteiger partial charge in [0.25, 0.3) is 0 Å². The largest absolute Gasteiger partial charge is 0.349 e. The van der Waals surface area contributed by atoms with Gasteiger partial charge in [-0.2, -0.15) is 0 Å². The maximum absolute atomic E-state index is 11.9. The molecule has 1 amide bonds. The molecule has 2 unspecified atom stereocenters. The second-order valence-corrected chi connectivity index (χ2v) is 5.32. The summed E-state index contributed by atoms with van der Waals surface area (Å²) in [5.74, 6) is 0.385. The minimum absolute atomic E-state index is 0.0939. The van der Waals surface area contributed by atoms with Gasteiger partial charge in [-0.15, -0.1) is 0 Å². The first-order valence-electron chi connectivity index (χ1n) is 7.21. The van der Waals surface area contributed by atoms with Gasteiger partial charge in [0, 0.05) is 12.3 Å². The van der Waals surface area contributed by atoms with Crippen LogP contribution in [0.25, 0.3) is 0 Å². The lowest BCUT2D eigenvalue weighted by Crippen LogP contribution is -2.20. The highest BCUT2D eigenvalue weighted by Gasteiger charge is 2.35. The van der Waals surface area contributed by atoms with Crippen LogP contribution in [0.5, 0.6) is 0 Å². The van der Waals surface area contributed by atoms with E-state index in [0.29, 0.717) is 6.42 Å². The van der Waals surface area contributed by atoms with Crippen LogP contribution in [0.4, 0.5) is 0 Å². The summed E-state index contributed by atoms with van der Waals surface area (Å²) in [4.78, 5) is 11.9. The fraction of sp³-hybridized carbons (Fsp3) is 0.278. The van der Waals surface area contributed by atoms with Gasteiger partial charge in [-0.05, 0) is 23.1 Å². The van der Waals surface area contributed by atoms with Crippen molar-refractivity contribution in [3.05, 3.63) is 71.3 Å². The minimum atomic E-state index is 0.0939. The smallest absolute Gasteiger partial charge is 0.221 e. The van der Waals surface area contributed by atoms with Gasteiger partial charge >= 0.3 is 0 Å². The molecule has 0 bridgehead atoms. The SMILES string of the molecule is CCc1ccccc1C1CC(=O)NC1c1ccccc1. The van der Waals surface area contributed by atoms with Crippen molar-refractivity contribution in [2.24, 2.45) is 0 Å². The average Bonchev–Trinajstić information content (AvgIpc) is 2.90. The highest BCUT2D eigenvalue weighted by atomic mass is 16.2. The van der Waals surface area contributed by atoms with Crippen molar-refractivity contribution in [2.75, 3.05) is 0 Å². The standard InChI is InChI=1S/C18H19NO/c1-2-13-8-6-7-11-15(13)16-12-17(20)19-18(16)14-9-4-3-5-10-14/h3-11,16,18H,2,12H2,1H3,(H,19,20). The molecule has 2 nitrogen and oxygen atoms in total. The molecule has 20 heavy (non-hydrogen) atoms. The van der Waals surface area contributed by atoms with E-state index in [1.807, 2.05) is 18.2 Å². The Morgan fingerprint density at radius 1 is 1.05 bits per heavy atom. The molecule has 1 fully saturated rings. The number of rotatable bonds is 3. The third-order valence-electron chi connectivity index (χ3n) is 4.12. The predicted molar refractivity (Wildman–Crippen MR) is 80.5 cm³/mol. The summed E-state index contributed by atoms with van der Waals surface area (Å²) in [5.41, 5.74) is 3.84. The lowest BCUT2D eigenvalue weighted by molar-refractivity contribution is -0.119. The van der Waals surface area contributed by atoms with Gasteiger partial charge in [0.2, 0.25) is 5.91 Å². The van der Waals surface area contributed by atoms with E-state index in [2.05, 4.69) is 48.6 Å². The van der Waals surface area contributed by atoms with Gasteiger partial charge in [-0.25, -0.2) is 0 Å². The lowest BCUT2D eigenvalue weighted by Gasteiger charge is -2.22. The molecule has 0 aliphatic carbocycles. The van der Waals surface area contributed by atoms with E-state index in [4.69, 9.17) is 0 Å². The molecular formula is C18H19NO. The van der Waals surface area contributed by atoms with Crippen LogP contribution < -0.4 is 5.32 Å². The number of amides is 1. The van der Waals surface area contributed by atoms with Crippen molar-refractivity contribution >= 4 is 5.91 Å². The molecule has 0 spiro atoms. The first kappa shape index (κ1) is 12.9. The van der Waals surface area contributed by atoms with Crippen LogP contribution in [0.15, 0.2) is 54.6 Å². The van der Waals surface area contributed by atoms with E-state index < -0.39 is 0 Å². The maximum Gasteiger partial charge on any atom is 0.221 e. The number of hydrogen-bond acceptors (Lipinski definition) is 1. The lowest BCUT2D eigenvalue weighted by atomic mass is 9.85. The quantitative estimate of drug-likeness (QED) is 0.902. The monoisotopic (exact) mass is 265 g/mol. The van der Waals surface area contributed by atoms with Gasteiger partial charge in [0.15, 0.2) is 0 Å². The molecule has 0 aromatic heterocycles. The van der Waals surface area contributed by atoms with Gasteiger partial charge in [-0.3, -0.25) is 4.79 Å². The molecule has 2 atom stereocenters. The summed E-state index contributed by atoms with van der Waals surface area (Å²) < 4.78 is 0. The molecule has 0 radical (unpaired) electrons. The Hall–Kier alpha value is -2.09. The third kappa shape index (κ3) is 2.34. The van der Waals surface area contributed by atoms with Gasteiger partial charge in [0.1, 0.15) is 0 Å². The van der Waals surface area contributed by atoms with E-state index in [-0.39, 0.29) is 17.9 Å². The summed E-state index contributed by atoms with van der Waals surface area (Å²) in [6.07, 6.45) is 1.58. The first-order valence-corrected chi connectivity index (χ1v) is 7.21. The fourth-order valence-electron chi connectivity index (χ4n) is 3.13. The second kappa shape index (κ2) is 5.49. The Morgan fingerprint density at radius 2 is 1.75 bits per heavy atom. The predicted octanol–water partition coefficient (Wildman–Crippen LogP) is 3.59. The van der Waals surface area contributed by atoms with Crippen molar-refractivity contribution in [1.29, 1.82) is 0 Å². The Bertz CT molecular complexity index is 606. The van der Waals surface area contributed by atoms with Crippen molar-refractivity contribution in [1.82, 2.24) is 5.32 Å². The second-order valence-electron chi connectivity index (χ2n) is 5.32. The zero-order chi connectivity index (χ0) is 13.9. The van der Waals surface area contributed by atoms with E-state index in [1.165, 1.54) is 16.7 Å². The summed E-state index contributed by atoms with van der Waals surface area (Å²) >= 11 is 0. The molecule has 1 saturated heterocycles. The van der Waals surface area contributed by atoms with E-state index in [9.17, 15) is 4.79 Å².